The van der Waals surface area contributed by atoms with E-state index in [1.165, 1.54) is 22.9 Å². The molecule has 0 saturated carbocycles. The van der Waals surface area contributed by atoms with Gasteiger partial charge >= 0.3 is 0 Å². The lowest BCUT2D eigenvalue weighted by molar-refractivity contribution is -0.122. The number of carbonyl (C=O) groups excluding carboxylic acids is 2. The van der Waals surface area contributed by atoms with Gasteiger partial charge in [-0.3, -0.25) is 9.59 Å². The Morgan fingerprint density at radius 2 is 2.17 bits per heavy atom. The Balaban J connectivity index is 1.68. The Labute approximate surface area is 137 Å². The van der Waals surface area contributed by atoms with E-state index in [9.17, 15) is 9.59 Å². The molecule has 6 nitrogen and oxygen atoms in total. The van der Waals surface area contributed by atoms with Crippen molar-refractivity contribution in [3.8, 4) is 0 Å². The molecule has 2 heterocycles. The van der Waals surface area contributed by atoms with Gasteiger partial charge in [-0.2, -0.15) is 5.10 Å². The first kappa shape index (κ1) is 15.4. The summed E-state index contributed by atoms with van der Waals surface area (Å²) in [6.07, 6.45) is 1.54. The number of para-hydroxylation sites is 1. The van der Waals surface area contributed by atoms with Crippen molar-refractivity contribution in [1.29, 1.82) is 0 Å². The average molecular weight is 329 g/mol. The number of thioether (sulfide) groups is 1. The second-order valence-electron chi connectivity index (χ2n) is 4.95. The second-order valence-corrected chi connectivity index (χ2v) is 5.96. The van der Waals surface area contributed by atoms with Crippen LogP contribution >= 0.6 is 11.8 Å². The van der Waals surface area contributed by atoms with Gasteiger partial charge in [0.15, 0.2) is 0 Å². The minimum absolute atomic E-state index is 0.0641. The normalized spacial score (nSPS) is 14.6. The lowest BCUT2D eigenvalue weighted by atomic mass is 10.2. The monoisotopic (exact) mass is 329 g/mol. The van der Waals surface area contributed by atoms with Gasteiger partial charge in [0.2, 0.25) is 5.91 Å². The number of hydrogen-bond donors (Lipinski definition) is 1. The van der Waals surface area contributed by atoms with Crippen LogP contribution in [0.1, 0.15) is 12.7 Å². The number of hydrogen-bond acceptors (Lipinski definition) is 5. The maximum Gasteiger partial charge on any atom is 0.260 e. The van der Waals surface area contributed by atoms with Crippen LogP contribution in [0.4, 0.5) is 5.69 Å². The van der Waals surface area contributed by atoms with Crippen LogP contribution in [0.5, 0.6) is 0 Å². The SMILES string of the molecule is C/C(=N\NC(=O)CN1C(=O)CSc2ccccc21)c1ccco1. The van der Waals surface area contributed by atoms with E-state index in [0.29, 0.717) is 17.2 Å². The average Bonchev–Trinajstić information content (AvgIpc) is 3.10. The van der Waals surface area contributed by atoms with E-state index < -0.39 is 0 Å². The summed E-state index contributed by atoms with van der Waals surface area (Å²) in [6.45, 7) is 1.67. The van der Waals surface area contributed by atoms with Gasteiger partial charge < -0.3 is 9.32 Å². The number of nitrogens with zero attached hydrogens (tertiary/aromatic N) is 2. The summed E-state index contributed by atoms with van der Waals surface area (Å²) in [5.41, 5.74) is 3.78. The van der Waals surface area contributed by atoms with Crippen LogP contribution in [0.25, 0.3) is 0 Å². The summed E-state index contributed by atoms with van der Waals surface area (Å²) in [5, 5.41) is 3.99. The van der Waals surface area contributed by atoms with Crippen LogP contribution in [-0.2, 0) is 9.59 Å². The summed E-state index contributed by atoms with van der Waals surface area (Å²) >= 11 is 1.48. The summed E-state index contributed by atoms with van der Waals surface area (Å²) < 4.78 is 5.19. The number of furan rings is 1. The predicted molar refractivity (Wildman–Crippen MR) is 88.6 cm³/mol. The van der Waals surface area contributed by atoms with E-state index >= 15 is 0 Å². The molecule has 2 aromatic rings. The third-order valence-electron chi connectivity index (χ3n) is 3.34. The Morgan fingerprint density at radius 1 is 1.35 bits per heavy atom. The van der Waals surface area contributed by atoms with Crippen molar-refractivity contribution in [1.82, 2.24) is 5.43 Å². The number of amides is 2. The molecule has 0 saturated heterocycles. The molecule has 0 fully saturated rings. The minimum Gasteiger partial charge on any atom is -0.463 e. The molecule has 118 valence electrons. The van der Waals surface area contributed by atoms with Crippen molar-refractivity contribution in [3.05, 3.63) is 48.4 Å². The number of anilines is 1. The molecule has 0 aliphatic carbocycles. The van der Waals surface area contributed by atoms with Crippen molar-refractivity contribution in [2.24, 2.45) is 5.10 Å². The molecule has 0 spiro atoms. The van der Waals surface area contributed by atoms with Crippen molar-refractivity contribution in [2.45, 2.75) is 11.8 Å². The van der Waals surface area contributed by atoms with Gasteiger partial charge in [0, 0.05) is 4.90 Å². The van der Waals surface area contributed by atoms with Gasteiger partial charge in [-0.15, -0.1) is 11.8 Å². The second kappa shape index (κ2) is 6.70. The van der Waals surface area contributed by atoms with Crippen molar-refractivity contribution in [3.63, 3.8) is 0 Å². The predicted octanol–water partition coefficient (Wildman–Crippen LogP) is 2.26. The van der Waals surface area contributed by atoms with E-state index in [0.717, 1.165) is 10.6 Å². The summed E-state index contributed by atoms with van der Waals surface area (Å²) in [4.78, 5) is 26.7. The molecule has 1 aromatic heterocycles. The Morgan fingerprint density at radius 3 is 2.96 bits per heavy atom. The fourth-order valence-electron chi connectivity index (χ4n) is 2.19. The van der Waals surface area contributed by atoms with Crippen LogP contribution in [0.3, 0.4) is 0 Å². The number of carbonyl (C=O) groups is 2. The van der Waals surface area contributed by atoms with E-state index in [-0.39, 0.29) is 18.4 Å². The zero-order valence-electron chi connectivity index (χ0n) is 12.5. The fraction of sp³-hybridized carbons (Fsp3) is 0.188. The number of fused-ring (bicyclic) bond motifs is 1. The molecule has 1 aliphatic heterocycles. The van der Waals surface area contributed by atoms with Crippen LogP contribution in [0.2, 0.25) is 0 Å². The van der Waals surface area contributed by atoms with Gasteiger partial charge in [0.25, 0.3) is 5.91 Å². The summed E-state index contributed by atoms with van der Waals surface area (Å²) in [5.74, 6) is 0.474. The molecule has 0 atom stereocenters. The molecule has 1 aliphatic rings. The molecule has 2 amide bonds. The first-order valence-corrected chi connectivity index (χ1v) is 8.03. The minimum atomic E-state index is -0.356. The first-order chi connectivity index (χ1) is 11.1. The van der Waals surface area contributed by atoms with E-state index in [2.05, 4.69) is 10.5 Å². The van der Waals surface area contributed by atoms with Gasteiger partial charge in [-0.25, -0.2) is 5.43 Å². The van der Waals surface area contributed by atoms with Crippen LogP contribution < -0.4 is 10.3 Å². The zero-order chi connectivity index (χ0) is 16.2. The Bertz CT molecular complexity index is 756. The highest BCUT2D eigenvalue weighted by Crippen LogP contribution is 2.34. The van der Waals surface area contributed by atoms with Crippen LogP contribution in [-0.4, -0.2) is 29.8 Å². The van der Waals surface area contributed by atoms with Gasteiger partial charge in [-0.05, 0) is 31.2 Å². The number of nitrogens with one attached hydrogen (secondary N) is 1. The van der Waals surface area contributed by atoms with E-state index in [1.54, 1.807) is 19.1 Å². The van der Waals surface area contributed by atoms with Crippen molar-refractivity contribution in [2.75, 3.05) is 17.2 Å². The van der Waals surface area contributed by atoms with Gasteiger partial charge in [-0.1, -0.05) is 12.1 Å². The standard InChI is InChI=1S/C16H15N3O3S/c1-11(13-6-4-8-22-13)17-18-15(20)9-19-12-5-2-3-7-14(12)23-10-16(19)21/h2-8H,9-10H2,1H3,(H,18,20)/b17-11+. The molecule has 1 N–H and O–H groups in total. The highest BCUT2D eigenvalue weighted by Gasteiger charge is 2.26. The smallest absolute Gasteiger partial charge is 0.260 e. The van der Waals surface area contributed by atoms with Gasteiger partial charge in [0.05, 0.1) is 17.7 Å². The van der Waals surface area contributed by atoms with Crippen molar-refractivity contribution >= 4 is 35.0 Å². The molecular formula is C16H15N3O3S. The highest BCUT2D eigenvalue weighted by atomic mass is 32.2. The zero-order valence-corrected chi connectivity index (χ0v) is 13.3. The molecule has 3 rings (SSSR count). The van der Waals surface area contributed by atoms with Crippen LogP contribution in [0.15, 0.2) is 57.1 Å². The Kier molecular flexibility index (Phi) is 4.47. The molecule has 1 aromatic carbocycles. The molecule has 0 bridgehead atoms. The molecule has 23 heavy (non-hydrogen) atoms. The molecular weight excluding hydrogens is 314 g/mol. The summed E-state index contributed by atoms with van der Waals surface area (Å²) in [6, 6.07) is 11.0. The van der Waals surface area contributed by atoms with E-state index in [1.807, 2.05) is 24.3 Å². The van der Waals surface area contributed by atoms with Gasteiger partial charge in [0.1, 0.15) is 18.0 Å². The highest BCUT2D eigenvalue weighted by molar-refractivity contribution is 8.00. The number of hydrazone groups is 1. The maximum atomic E-state index is 12.1. The first-order valence-electron chi connectivity index (χ1n) is 7.04. The third-order valence-corrected chi connectivity index (χ3v) is 4.38. The fourth-order valence-corrected chi connectivity index (χ4v) is 3.13. The summed E-state index contributed by atoms with van der Waals surface area (Å²) in [7, 11) is 0. The quantitative estimate of drug-likeness (QED) is 0.690. The number of benzene rings is 1. The third kappa shape index (κ3) is 3.45. The maximum absolute atomic E-state index is 12.1. The molecule has 0 radical (unpaired) electrons. The largest absolute Gasteiger partial charge is 0.463 e. The molecule has 0 unspecified atom stereocenters. The molecule has 7 heteroatoms. The van der Waals surface area contributed by atoms with Crippen LogP contribution in [0, 0.1) is 0 Å². The lowest BCUT2D eigenvalue weighted by Crippen LogP contribution is -2.42. The van der Waals surface area contributed by atoms with E-state index in [4.69, 9.17) is 4.42 Å². The van der Waals surface area contributed by atoms with Crippen molar-refractivity contribution < 1.29 is 14.0 Å². The lowest BCUT2D eigenvalue weighted by Gasteiger charge is -2.27. The topological polar surface area (TPSA) is 74.9 Å². The Hall–Kier alpha value is -2.54. The number of rotatable bonds is 4.